The number of carbonyl (C=O) groups is 1. The number of rotatable bonds is 4. The average Bonchev–Trinajstić information content (AvgIpc) is 2.90. The van der Waals surface area contributed by atoms with Crippen molar-refractivity contribution < 1.29 is 9.53 Å². The first-order chi connectivity index (χ1) is 11.7. The van der Waals surface area contributed by atoms with E-state index in [1.165, 1.54) is 57.3 Å². The first kappa shape index (κ1) is 15.8. The van der Waals surface area contributed by atoms with Gasteiger partial charge in [0, 0.05) is 24.5 Å². The van der Waals surface area contributed by atoms with E-state index in [2.05, 4.69) is 29.2 Å². The Morgan fingerprint density at radius 3 is 2.17 bits per heavy atom. The van der Waals surface area contributed by atoms with Crippen LogP contribution in [0.5, 0.6) is 0 Å². The molecule has 1 aliphatic carbocycles. The lowest BCUT2D eigenvalue weighted by molar-refractivity contribution is 0.150. The van der Waals surface area contributed by atoms with E-state index in [4.69, 9.17) is 4.74 Å². The largest absolute Gasteiger partial charge is 0.444 e. The molecule has 130 valence electrons. The zero-order valence-electron chi connectivity index (χ0n) is 14.6. The Kier molecular flexibility index (Phi) is 4.38. The summed E-state index contributed by atoms with van der Waals surface area (Å²) in [6.45, 7) is 4.91. The monoisotopic (exact) mass is 328 g/mol. The molecule has 0 spiro atoms. The fraction of sp³-hybridized carbons (Fsp3) is 0.650. The Hall–Kier alpha value is -1.71. The normalized spacial score (nSPS) is 25.7. The minimum absolute atomic E-state index is 0.0214. The van der Waals surface area contributed by atoms with Gasteiger partial charge in [-0.2, -0.15) is 0 Å². The van der Waals surface area contributed by atoms with Gasteiger partial charge in [-0.05, 0) is 62.3 Å². The Labute approximate surface area is 144 Å². The number of cyclic esters (lactones) is 1. The van der Waals surface area contributed by atoms with Gasteiger partial charge in [-0.3, -0.25) is 4.90 Å². The van der Waals surface area contributed by atoms with E-state index in [1.807, 2.05) is 6.92 Å². The van der Waals surface area contributed by atoms with E-state index in [0.717, 1.165) is 17.5 Å². The lowest BCUT2D eigenvalue weighted by Crippen LogP contribution is -2.34. The summed E-state index contributed by atoms with van der Waals surface area (Å²) >= 11 is 0. The minimum atomic E-state index is -0.230. The molecular formula is C20H28N2O2. The maximum Gasteiger partial charge on any atom is 0.414 e. The maximum absolute atomic E-state index is 11.8. The molecule has 4 heteroatoms. The quantitative estimate of drug-likeness (QED) is 0.819. The van der Waals surface area contributed by atoms with Crippen LogP contribution >= 0.6 is 0 Å². The summed E-state index contributed by atoms with van der Waals surface area (Å²) < 4.78 is 5.21. The molecule has 1 aromatic rings. The lowest BCUT2D eigenvalue weighted by atomic mass is 9.76. The molecule has 3 fully saturated rings. The Balaban J connectivity index is 1.33. The predicted molar refractivity (Wildman–Crippen MR) is 96.6 cm³/mol. The summed E-state index contributed by atoms with van der Waals surface area (Å²) in [6, 6.07) is 8.40. The standard InChI is InChI=1S/C20H28N2O2/c1-15-14-22(20(23)24-15)19-7-5-18(6-8-19)21-11-9-17(10-12-21)13-16-3-2-4-16/h5-8,15-17H,2-4,9-14H2,1H3/t15-/m0/s1. The van der Waals surface area contributed by atoms with Crippen molar-refractivity contribution in [3.8, 4) is 0 Å². The number of nitrogens with zero attached hydrogens (tertiary/aromatic N) is 2. The van der Waals surface area contributed by atoms with Crippen molar-refractivity contribution in [2.75, 3.05) is 29.4 Å². The fourth-order valence-corrected chi connectivity index (χ4v) is 4.29. The van der Waals surface area contributed by atoms with Gasteiger partial charge in [0.25, 0.3) is 0 Å². The van der Waals surface area contributed by atoms with Crippen LogP contribution in [-0.4, -0.2) is 31.8 Å². The molecule has 1 aromatic carbocycles. The third-order valence-corrected chi connectivity index (χ3v) is 5.99. The highest BCUT2D eigenvalue weighted by molar-refractivity contribution is 5.89. The molecule has 0 aromatic heterocycles. The van der Waals surface area contributed by atoms with Gasteiger partial charge in [0.15, 0.2) is 0 Å². The number of ether oxygens (including phenoxy) is 1. The molecule has 4 nitrogen and oxygen atoms in total. The van der Waals surface area contributed by atoms with E-state index in [0.29, 0.717) is 6.54 Å². The SMILES string of the molecule is C[C@H]1CN(c2ccc(N3CCC(CC4CCC4)CC3)cc2)C(=O)O1. The summed E-state index contributed by atoms with van der Waals surface area (Å²) in [5.41, 5.74) is 2.22. The number of hydrogen-bond donors (Lipinski definition) is 0. The predicted octanol–water partition coefficient (Wildman–Crippen LogP) is 4.44. The fourth-order valence-electron chi connectivity index (χ4n) is 4.29. The molecule has 24 heavy (non-hydrogen) atoms. The zero-order valence-corrected chi connectivity index (χ0v) is 14.6. The molecule has 2 saturated heterocycles. The van der Waals surface area contributed by atoms with Gasteiger partial charge in [-0.1, -0.05) is 19.3 Å². The van der Waals surface area contributed by atoms with Gasteiger partial charge in [-0.25, -0.2) is 4.79 Å². The van der Waals surface area contributed by atoms with Crippen LogP contribution in [0.25, 0.3) is 0 Å². The summed E-state index contributed by atoms with van der Waals surface area (Å²) in [6.07, 6.45) is 8.27. The third kappa shape index (κ3) is 3.24. The van der Waals surface area contributed by atoms with Crippen molar-refractivity contribution in [1.82, 2.24) is 0 Å². The van der Waals surface area contributed by atoms with Crippen molar-refractivity contribution >= 4 is 17.5 Å². The Morgan fingerprint density at radius 1 is 1.00 bits per heavy atom. The van der Waals surface area contributed by atoms with Gasteiger partial charge in [-0.15, -0.1) is 0 Å². The molecule has 0 N–H and O–H groups in total. The summed E-state index contributed by atoms with van der Waals surface area (Å²) in [5.74, 6) is 1.97. The molecule has 0 bridgehead atoms. The molecule has 4 rings (SSSR count). The second-order valence-corrected chi connectivity index (χ2v) is 7.78. The second kappa shape index (κ2) is 6.66. The molecule has 0 radical (unpaired) electrons. The zero-order chi connectivity index (χ0) is 16.5. The molecule has 2 heterocycles. The first-order valence-corrected chi connectivity index (χ1v) is 9.52. The van der Waals surface area contributed by atoms with Crippen LogP contribution in [0.3, 0.4) is 0 Å². The van der Waals surface area contributed by atoms with Crippen LogP contribution in [-0.2, 0) is 4.74 Å². The molecule has 1 atom stereocenters. The van der Waals surface area contributed by atoms with Crippen molar-refractivity contribution in [3.05, 3.63) is 24.3 Å². The van der Waals surface area contributed by atoms with E-state index >= 15 is 0 Å². The van der Waals surface area contributed by atoms with Crippen LogP contribution < -0.4 is 9.80 Å². The highest BCUT2D eigenvalue weighted by atomic mass is 16.6. The van der Waals surface area contributed by atoms with E-state index in [-0.39, 0.29) is 12.2 Å². The molecule has 0 unspecified atom stereocenters. The molecule has 2 aliphatic heterocycles. The third-order valence-electron chi connectivity index (χ3n) is 5.99. The van der Waals surface area contributed by atoms with E-state index in [9.17, 15) is 4.79 Å². The van der Waals surface area contributed by atoms with Crippen LogP contribution in [0.1, 0.15) is 45.4 Å². The van der Waals surface area contributed by atoms with Crippen LogP contribution in [0, 0.1) is 11.8 Å². The van der Waals surface area contributed by atoms with E-state index in [1.54, 1.807) is 4.90 Å². The summed E-state index contributed by atoms with van der Waals surface area (Å²) in [4.78, 5) is 16.0. The lowest BCUT2D eigenvalue weighted by Gasteiger charge is -2.37. The number of benzene rings is 1. The second-order valence-electron chi connectivity index (χ2n) is 7.78. The Morgan fingerprint density at radius 2 is 1.62 bits per heavy atom. The highest BCUT2D eigenvalue weighted by Gasteiger charge is 2.29. The average molecular weight is 328 g/mol. The van der Waals surface area contributed by atoms with E-state index < -0.39 is 0 Å². The number of anilines is 2. The summed E-state index contributed by atoms with van der Waals surface area (Å²) in [5, 5.41) is 0. The van der Waals surface area contributed by atoms with Gasteiger partial charge in [0.2, 0.25) is 0 Å². The number of piperidine rings is 1. The van der Waals surface area contributed by atoms with Crippen LogP contribution in [0.15, 0.2) is 24.3 Å². The molecular weight excluding hydrogens is 300 g/mol. The van der Waals surface area contributed by atoms with Crippen LogP contribution in [0.2, 0.25) is 0 Å². The number of hydrogen-bond acceptors (Lipinski definition) is 3. The number of amides is 1. The topological polar surface area (TPSA) is 32.8 Å². The molecule has 3 aliphatic rings. The van der Waals surface area contributed by atoms with Crippen LogP contribution in [0.4, 0.5) is 16.2 Å². The van der Waals surface area contributed by atoms with Gasteiger partial charge < -0.3 is 9.64 Å². The van der Waals surface area contributed by atoms with Crippen molar-refractivity contribution in [2.24, 2.45) is 11.8 Å². The minimum Gasteiger partial charge on any atom is -0.444 e. The number of carbonyl (C=O) groups excluding carboxylic acids is 1. The van der Waals surface area contributed by atoms with Gasteiger partial charge in [0.1, 0.15) is 6.10 Å². The first-order valence-electron chi connectivity index (χ1n) is 9.52. The van der Waals surface area contributed by atoms with Crippen molar-refractivity contribution in [3.63, 3.8) is 0 Å². The Bertz CT molecular complexity index is 574. The molecule has 1 amide bonds. The van der Waals surface area contributed by atoms with Crippen molar-refractivity contribution in [1.29, 1.82) is 0 Å². The summed E-state index contributed by atoms with van der Waals surface area (Å²) in [7, 11) is 0. The van der Waals surface area contributed by atoms with Crippen molar-refractivity contribution in [2.45, 2.75) is 51.6 Å². The van der Waals surface area contributed by atoms with Gasteiger partial charge in [0.05, 0.1) is 6.54 Å². The highest BCUT2D eigenvalue weighted by Crippen LogP contribution is 2.36. The van der Waals surface area contributed by atoms with Gasteiger partial charge >= 0.3 is 6.09 Å². The molecule has 1 saturated carbocycles. The smallest absolute Gasteiger partial charge is 0.414 e. The maximum atomic E-state index is 11.8.